The van der Waals surface area contributed by atoms with E-state index < -0.39 is 0 Å². The summed E-state index contributed by atoms with van der Waals surface area (Å²) in [7, 11) is 0. The average molecular weight is 189 g/mol. The molecule has 0 rings (SSSR count). The summed E-state index contributed by atoms with van der Waals surface area (Å²) in [6.07, 6.45) is 1.42. The molecule has 4 heteroatoms. The SMILES string of the molecule is CCCC(=O)OCC.Cl.Cl. The Balaban J connectivity index is -0.000000245. The van der Waals surface area contributed by atoms with Crippen LogP contribution in [0.1, 0.15) is 26.7 Å². The van der Waals surface area contributed by atoms with E-state index in [2.05, 4.69) is 4.74 Å². The van der Waals surface area contributed by atoms with E-state index in [1.165, 1.54) is 0 Å². The van der Waals surface area contributed by atoms with Crippen molar-refractivity contribution in [2.45, 2.75) is 26.7 Å². The van der Waals surface area contributed by atoms with Crippen molar-refractivity contribution >= 4 is 30.8 Å². The molecule has 0 saturated heterocycles. The molecule has 64 valence electrons. The van der Waals surface area contributed by atoms with Gasteiger partial charge in [0.05, 0.1) is 6.61 Å². The van der Waals surface area contributed by atoms with Crippen LogP contribution in [0.5, 0.6) is 0 Å². The largest absolute Gasteiger partial charge is 0.466 e. The summed E-state index contributed by atoms with van der Waals surface area (Å²) in [6, 6.07) is 0. The fourth-order valence-electron chi connectivity index (χ4n) is 0.437. The third-order valence-corrected chi connectivity index (χ3v) is 0.759. The fraction of sp³-hybridized carbons (Fsp3) is 0.833. The summed E-state index contributed by atoms with van der Waals surface area (Å²) >= 11 is 0. The van der Waals surface area contributed by atoms with Gasteiger partial charge in [-0.05, 0) is 13.3 Å². The molecule has 0 aromatic rings. The van der Waals surface area contributed by atoms with Gasteiger partial charge in [-0.1, -0.05) is 6.92 Å². The molecule has 0 radical (unpaired) electrons. The zero-order valence-corrected chi connectivity index (χ0v) is 7.89. The first-order valence-corrected chi connectivity index (χ1v) is 2.96. The fourth-order valence-corrected chi connectivity index (χ4v) is 0.437. The third kappa shape index (κ3) is 10.9. The quantitative estimate of drug-likeness (QED) is 0.636. The first-order valence-electron chi connectivity index (χ1n) is 2.96. The van der Waals surface area contributed by atoms with Crippen molar-refractivity contribution in [3.63, 3.8) is 0 Å². The highest BCUT2D eigenvalue weighted by molar-refractivity contribution is 5.85. The van der Waals surface area contributed by atoms with E-state index in [9.17, 15) is 4.79 Å². The minimum Gasteiger partial charge on any atom is -0.466 e. The van der Waals surface area contributed by atoms with E-state index in [-0.39, 0.29) is 30.8 Å². The molecule has 0 saturated carbocycles. The molecule has 0 aliphatic carbocycles. The van der Waals surface area contributed by atoms with Crippen molar-refractivity contribution in [2.24, 2.45) is 0 Å². The monoisotopic (exact) mass is 188 g/mol. The predicted molar refractivity (Wildman–Crippen MR) is 46.0 cm³/mol. The summed E-state index contributed by atoms with van der Waals surface area (Å²) in [6.45, 7) is 4.27. The molecule has 0 fully saturated rings. The maximum absolute atomic E-state index is 10.4. The summed E-state index contributed by atoms with van der Waals surface area (Å²) in [4.78, 5) is 10.4. The molecule has 0 aliphatic rings. The topological polar surface area (TPSA) is 26.3 Å². The lowest BCUT2D eigenvalue weighted by atomic mass is 10.3. The Morgan fingerprint density at radius 1 is 1.30 bits per heavy atom. The molecule has 0 aromatic heterocycles. The van der Waals surface area contributed by atoms with Crippen LogP contribution >= 0.6 is 24.8 Å². The van der Waals surface area contributed by atoms with Crippen molar-refractivity contribution in [2.75, 3.05) is 6.61 Å². The molecule has 0 amide bonds. The highest BCUT2D eigenvalue weighted by Crippen LogP contribution is 1.89. The van der Waals surface area contributed by atoms with Crippen molar-refractivity contribution in [1.29, 1.82) is 0 Å². The van der Waals surface area contributed by atoms with E-state index in [4.69, 9.17) is 0 Å². The minimum absolute atomic E-state index is 0. The second-order valence-electron chi connectivity index (χ2n) is 1.56. The molecule has 0 bridgehead atoms. The number of rotatable bonds is 3. The lowest BCUT2D eigenvalue weighted by molar-refractivity contribution is -0.143. The Labute approximate surface area is 74.1 Å². The molecule has 0 atom stereocenters. The zero-order chi connectivity index (χ0) is 6.41. The Hall–Kier alpha value is 0.0500. The Bertz CT molecular complexity index is 68.1. The van der Waals surface area contributed by atoms with Gasteiger partial charge in [-0.25, -0.2) is 0 Å². The molecule has 2 nitrogen and oxygen atoms in total. The zero-order valence-electron chi connectivity index (χ0n) is 6.25. The third-order valence-electron chi connectivity index (χ3n) is 0.759. The minimum atomic E-state index is -0.0880. The van der Waals surface area contributed by atoms with Gasteiger partial charge in [0.15, 0.2) is 0 Å². The van der Waals surface area contributed by atoms with Crippen LogP contribution in [-0.4, -0.2) is 12.6 Å². The van der Waals surface area contributed by atoms with Gasteiger partial charge in [0.2, 0.25) is 0 Å². The van der Waals surface area contributed by atoms with E-state index in [0.29, 0.717) is 13.0 Å². The average Bonchev–Trinajstić information content (AvgIpc) is 1.68. The Morgan fingerprint density at radius 3 is 2.10 bits per heavy atom. The van der Waals surface area contributed by atoms with E-state index in [1.54, 1.807) is 0 Å². The van der Waals surface area contributed by atoms with Crippen LogP contribution in [0.2, 0.25) is 0 Å². The number of esters is 1. The molecule has 0 spiro atoms. The standard InChI is InChI=1S/C6H12O2.2ClH/c1-3-5-6(7)8-4-2;;/h3-5H2,1-2H3;2*1H. The highest BCUT2D eigenvalue weighted by Gasteiger charge is 1.95. The van der Waals surface area contributed by atoms with Gasteiger partial charge in [0.25, 0.3) is 0 Å². The molecular formula is C6H14Cl2O2. The van der Waals surface area contributed by atoms with Gasteiger partial charge in [0, 0.05) is 6.42 Å². The molecule has 10 heavy (non-hydrogen) atoms. The van der Waals surface area contributed by atoms with Crippen molar-refractivity contribution in [1.82, 2.24) is 0 Å². The van der Waals surface area contributed by atoms with Gasteiger partial charge in [-0.15, -0.1) is 24.8 Å². The van der Waals surface area contributed by atoms with Crippen LogP contribution in [0.25, 0.3) is 0 Å². The number of halogens is 2. The first kappa shape index (κ1) is 16.6. The molecule has 0 N–H and O–H groups in total. The summed E-state index contributed by atoms with van der Waals surface area (Å²) in [5, 5.41) is 0. The van der Waals surface area contributed by atoms with Crippen LogP contribution in [0, 0.1) is 0 Å². The van der Waals surface area contributed by atoms with E-state index in [0.717, 1.165) is 6.42 Å². The molecule has 0 aliphatic heterocycles. The number of hydrogen-bond acceptors (Lipinski definition) is 2. The van der Waals surface area contributed by atoms with Gasteiger partial charge in [-0.2, -0.15) is 0 Å². The van der Waals surface area contributed by atoms with Gasteiger partial charge < -0.3 is 4.74 Å². The van der Waals surface area contributed by atoms with Crippen molar-refractivity contribution in [3.8, 4) is 0 Å². The van der Waals surface area contributed by atoms with Crippen LogP contribution in [0.4, 0.5) is 0 Å². The van der Waals surface area contributed by atoms with Crippen molar-refractivity contribution in [3.05, 3.63) is 0 Å². The normalized spacial score (nSPS) is 7.00. The lowest BCUT2D eigenvalue weighted by Gasteiger charge is -1.96. The number of carbonyl (C=O) groups excluding carboxylic acids is 1. The second kappa shape index (κ2) is 11.8. The lowest BCUT2D eigenvalue weighted by Crippen LogP contribution is -2.01. The Morgan fingerprint density at radius 2 is 1.80 bits per heavy atom. The van der Waals surface area contributed by atoms with Crippen LogP contribution < -0.4 is 0 Å². The number of carbonyl (C=O) groups is 1. The molecular weight excluding hydrogens is 175 g/mol. The van der Waals surface area contributed by atoms with Crippen LogP contribution in [-0.2, 0) is 9.53 Å². The Kier molecular flexibility index (Phi) is 19.5. The highest BCUT2D eigenvalue weighted by atomic mass is 35.5. The van der Waals surface area contributed by atoms with Crippen LogP contribution in [0.3, 0.4) is 0 Å². The first-order chi connectivity index (χ1) is 3.81. The number of ether oxygens (including phenoxy) is 1. The molecule has 0 unspecified atom stereocenters. The van der Waals surface area contributed by atoms with E-state index >= 15 is 0 Å². The smallest absolute Gasteiger partial charge is 0.305 e. The van der Waals surface area contributed by atoms with Gasteiger partial charge in [-0.3, -0.25) is 4.79 Å². The van der Waals surface area contributed by atoms with Gasteiger partial charge >= 0.3 is 5.97 Å². The molecule has 0 heterocycles. The summed E-state index contributed by atoms with van der Waals surface area (Å²) in [5.74, 6) is -0.0880. The van der Waals surface area contributed by atoms with E-state index in [1.807, 2.05) is 13.8 Å². The number of hydrogen-bond donors (Lipinski definition) is 0. The molecule has 0 aromatic carbocycles. The maximum Gasteiger partial charge on any atom is 0.305 e. The predicted octanol–water partition coefficient (Wildman–Crippen LogP) is 2.19. The second-order valence-corrected chi connectivity index (χ2v) is 1.56. The van der Waals surface area contributed by atoms with Gasteiger partial charge in [0.1, 0.15) is 0 Å². The maximum atomic E-state index is 10.4. The van der Waals surface area contributed by atoms with Crippen molar-refractivity contribution < 1.29 is 9.53 Å². The summed E-state index contributed by atoms with van der Waals surface area (Å²) in [5.41, 5.74) is 0. The summed E-state index contributed by atoms with van der Waals surface area (Å²) < 4.78 is 4.64. The van der Waals surface area contributed by atoms with Crippen LogP contribution in [0.15, 0.2) is 0 Å².